The molecule has 0 spiro atoms. The van der Waals surface area contributed by atoms with Gasteiger partial charge in [-0.2, -0.15) is 0 Å². The highest BCUT2D eigenvalue weighted by molar-refractivity contribution is 5.99. The number of methoxy groups -OCH3 is 1. The first-order valence-electron chi connectivity index (χ1n) is 3.68. The van der Waals surface area contributed by atoms with Crippen LogP contribution in [0, 0.1) is 0 Å². The van der Waals surface area contributed by atoms with Crippen LogP contribution in [0.15, 0.2) is 18.2 Å². The Morgan fingerprint density at radius 3 is 2.58 bits per heavy atom. The molecule has 64 valence electrons. The van der Waals surface area contributed by atoms with Gasteiger partial charge in [-0.3, -0.25) is 5.41 Å². The second kappa shape index (κ2) is 3.26. The molecule has 0 bridgehead atoms. The topological polar surface area (TPSA) is 60.8 Å². The first-order chi connectivity index (χ1) is 5.65. The second-order valence-electron chi connectivity index (χ2n) is 2.64. The maximum Gasteiger partial charge on any atom is 0.179 e. The Kier molecular flexibility index (Phi) is 2.33. The number of benzene rings is 1. The van der Waals surface area contributed by atoms with Crippen LogP contribution in [0.1, 0.15) is 12.5 Å². The zero-order valence-electron chi connectivity index (χ0n) is 7.29. The maximum absolute atomic E-state index is 5.72. The third kappa shape index (κ3) is 1.56. The molecular formula is C9H13N2O+. The van der Waals surface area contributed by atoms with Crippen LogP contribution < -0.4 is 15.9 Å². The van der Waals surface area contributed by atoms with Crippen molar-refractivity contribution in [2.24, 2.45) is 0 Å². The molecule has 0 aliphatic heterocycles. The molecule has 0 fully saturated rings. The monoisotopic (exact) mass is 165 g/mol. The van der Waals surface area contributed by atoms with Crippen molar-refractivity contribution in [2.45, 2.75) is 6.92 Å². The summed E-state index contributed by atoms with van der Waals surface area (Å²) in [5.41, 5.74) is 7.95. The van der Waals surface area contributed by atoms with Crippen LogP contribution in [0.25, 0.3) is 0 Å². The molecule has 0 radical (unpaired) electrons. The summed E-state index contributed by atoms with van der Waals surface area (Å²) in [6.45, 7) is 1.82. The SMILES string of the molecule is COc1ccc(C(C)=[NH2+])c(N)c1. The highest BCUT2D eigenvalue weighted by atomic mass is 16.5. The van der Waals surface area contributed by atoms with Crippen molar-refractivity contribution in [3.8, 4) is 5.75 Å². The van der Waals surface area contributed by atoms with Crippen molar-refractivity contribution in [3.63, 3.8) is 0 Å². The second-order valence-corrected chi connectivity index (χ2v) is 2.64. The molecule has 0 atom stereocenters. The molecule has 3 nitrogen and oxygen atoms in total. The van der Waals surface area contributed by atoms with E-state index >= 15 is 0 Å². The summed E-state index contributed by atoms with van der Waals surface area (Å²) in [6, 6.07) is 5.44. The van der Waals surface area contributed by atoms with E-state index in [4.69, 9.17) is 15.9 Å². The van der Waals surface area contributed by atoms with Gasteiger partial charge < -0.3 is 10.5 Å². The van der Waals surface area contributed by atoms with E-state index in [9.17, 15) is 0 Å². The number of rotatable bonds is 2. The van der Waals surface area contributed by atoms with Crippen molar-refractivity contribution in [1.82, 2.24) is 0 Å². The normalized spacial score (nSPS) is 9.50. The lowest BCUT2D eigenvalue weighted by Gasteiger charge is -2.03. The molecule has 1 aromatic rings. The molecule has 0 saturated carbocycles. The number of nitrogen functional groups attached to an aromatic ring is 1. The Labute approximate surface area is 71.7 Å². The third-order valence-corrected chi connectivity index (χ3v) is 1.68. The number of hydrogen-bond acceptors (Lipinski definition) is 2. The zero-order valence-corrected chi connectivity index (χ0v) is 7.29. The van der Waals surface area contributed by atoms with Crippen LogP contribution in [-0.2, 0) is 0 Å². The van der Waals surface area contributed by atoms with Gasteiger partial charge in [-0.05, 0) is 12.1 Å². The fourth-order valence-corrected chi connectivity index (χ4v) is 1.03. The Hall–Kier alpha value is -1.51. The number of hydrogen-bond donors (Lipinski definition) is 2. The molecule has 0 aliphatic rings. The largest absolute Gasteiger partial charge is 0.497 e. The molecule has 0 amide bonds. The van der Waals surface area contributed by atoms with Gasteiger partial charge in [-0.15, -0.1) is 0 Å². The lowest BCUT2D eigenvalue weighted by Crippen LogP contribution is -2.38. The van der Waals surface area contributed by atoms with Gasteiger partial charge in [0.05, 0.1) is 12.7 Å². The minimum atomic E-state index is 0.648. The average molecular weight is 165 g/mol. The fraction of sp³-hybridized carbons (Fsp3) is 0.222. The molecule has 0 aliphatic carbocycles. The van der Waals surface area contributed by atoms with Crippen LogP contribution in [0.2, 0.25) is 0 Å². The van der Waals surface area contributed by atoms with Crippen LogP contribution in [0.4, 0.5) is 5.69 Å². The van der Waals surface area contributed by atoms with E-state index in [1.165, 1.54) is 0 Å². The molecule has 0 saturated heterocycles. The first-order valence-corrected chi connectivity index (χ1v) is 3.68. The van der Waals surface area contributed by atoms with Crippen molar-refractivity contribution >= 4 is 11.4 Å². The maximum atomic E-state index is 5.72. The summed E-state index contributed by atoms with van der Waals surface area (Å²) in [5.74, 6) is 0.748. The van der Waals surface area contributed by atoms with E-state index in [1.807, 2.05) is 19.1 Å². The summed E-state index contributed by atoms with van der Waals surface area (Å²) >= 11 is 0. The lowest BCUT2D eigenvalue weighted by atomic mass is 10.1. The van der Waals surface area contributed by atoms with Crippen molar-refractivity contribution < 1.29 is 10.1 Å². The van der Waals surface area contributed by atoms with Gasteiger partial charge in [-0.1, -0.05) is 0 Å². The van der Waals surface area contributed by atoms with Crippen LogP contribution in [0.5, 0.6) is 5.75 Å². The van der Waals surface area contributed by atoms with E-state index in [2.05, 4.69) is 0 Å². The third-order valence-electron chi connectivity index (χ3n) is 1.68. The van der Waals surface area contributed by atoms with Gasteiger partial charge in [-0.25, -0.2) is 0 Å². The standard InChI is InChI=1S/C9H12N2O/c1-6(10)8-4-3-7(12-2)5-9(8)11/h3-5,10H,11H2,1-2H3/p+1. The molecule has 0 heterocycles. The van der Waals surface area contributed by atoms with E-state index in [0.717, 1.165) is 17.0 Å². The summed E-state index contributed by atoms with van der Waals surface area (Å²) < 4.78 is 5.00. The van der Waals surface area contributed by atoms with Crippen molar-refractivity contribution in [2.75, 3.05) is 12.8 Å². The molecule has 12 heavy (non-hydrogen) atoms. The molecule has 1 aromatic carbocycles. The minimum absolute atomic E-state index is 0.648. The summed E-state index contributed by atoms with van der Waals surface area (Å²) in [5, 5.41) is 5.60. The quantitative estimate of drug-likeness (QED) is 0.472. The summed E-state index contributed by atoms with van der Waals surface area (Å²) in [6.07, 6.45) is 0. The highest BCUT2D eigenvalue weighted by Crippen LogP contribution is 2.18. The van der Waals surface area contributed by atoms with Crippen LogP contribution >= 0.6 is 0 Å². The van der Waals surface area contributed by atoms with Gasteiger partial charge in [0, 0.05) is 18.7 Å². The van der Waals surface area contributed by atoms with E-state index in [1.54, 1.807) is 13.2 Å². The Bertz CT molecular complexity index is 307. The summed E-state index contributed by atoms with van der Waals surface area (Å²) in [4.78, 5) is 0. The van der Waals surface area contributed by atoms with Gasteiger partial charge in [0.1, 0.15) is 5.75 Å². The Morgan fingerprint density at radius 2 is 2.17 bits per heavy atom. The van der Waals surface area contributed by atoms with Gasteiger partial charge in [0.25, 0.3) is 0 Å². The van der Waals surface area contributed by atoms with Crippen molar-refractivity contribution in [3.05, 3.63) is 23.8 Å². The average Bonchev–Trinajstić information content (AvgIpc) is 2.03. The van der Waals surface area contributed by atoms with Crippen molar-refractivity contribution in [1.29, 1.82) is 0 Å². The lowest BCUT2D eigenvalue weighted by molar-refractivity contribution is -0.113. The molecule has 3 heteroatoms. The van der Waals surface area contributed by atoms with Gasteiger partial charge in [0.15, 0.2) is 5.71 Å². The molecule has 0 unspecified atom stereocenters. The highest BCUT2D eigenvalue weighted by Gasteiger charge is 2.05. The molecule has 0 aromatic heterocycles. The smallest absolute Gasteiger partial charge is 0.179 e. The predicted octanol–water partition coefficient (Wildman–Crippen LogP) is -0.154. The van der Waals surface area contributed by atoms with Gasteiger partial charge >= 0.3 is 0 Å². The minimum Gasteiger partial charge on any atom is -0.497 e. The summed E-state index contributed by atoms with van der Waals surface area (Å²) in [7, 11) is 1.60. The van der Waals surface area contributed by atoms with Crippen LogP contribution in [-0.4, -0.2) is 12.8 Å². The van der Waals surface area contributed by atoms with Crippen LogP contribution in [0.3, 0.4) is 0 Å². The number of anilines is 1. The molecule has 4 N–H and O–H groups in total. The molecular weight excluding hydrogens is 152 g/mol. The predicted molar refractivity (Wildman–Crippen MR) is 49.1 cm³/mol. The fourth-order valence-electron chi connectivity index (χ4n) is 1.03. The Balaban J connectivity index is 3.12. The zero-order chi connectivity index (χ0) is 9.14. The Morgan fingerprint density at radius 1 is 1.50 bits per heavy atom. The van der Waals surface area contributed by atoms with E-state index in [-0.39, 0.29) is 0 Å². The molecule has 1 rings (SSSR count). The van der Waals surface area contributed by atoms with Gasteiger partial charge in [0.2, 0.25) is 0 Å². The van der Waals surface area contributed by atoms with E-state index < -0.39 is 0 Å². The first kappa shape index (κ1) is 8.59. The number of nitrogens with two attached hydrogens (primary N) is 2. The van der Waals surface area contributed by atoms with E-state index in [0.29, 0.717) is 5.69 Å². The number of ether oxygens (including phenoxy) is 1.